The highest BCUT2D eigenvalue weighted by Crippen LogP contribution is 2.28. The third-order valence-electron chi connectivity index (χ3n) is 5.27. The van der Waals surface area contributed by atoms with Gasteiger partial charge < -0.3 is 15.0 Å². The summed E-state index contributed by atoms with van der Waals surface area (Å²) in [5.74, 6) is -0.730. The van der Waals surface area contributed by atoms with Crippen molar-refractivity contribution in [2.75, 3.05) is 6.54 Å². The van der Waals surface area contributed by atoms with E-state index in [4.69, 9.17) is 5.11 Å². The lowest BCUT2D eigenvalue weighted by molar-refractivity contribution is -0.143. The molecule has 1 aliphatic carbocycles. The molecule has 1 aromatic carbocycles. The first-order chi connectivity index (χ1) is 12.5. The molecule has 6 heteroatoms. The number of ketones is 1. The van der Waals surface area contributed by atoms with Crippen molar-refractivity contribution in [3.63, 3.8) is 0 Å². The van der Waals surface area contributed by atoms with Crippen LogP contribution in [0.15, 0.2) is 30.5 Å². The number of rotatable bonds is 6. The molecule has 1 amide bonds. The third kappa shape index (κ3) is 3.95. The Morgan fingerprint density at radius 2 is 1.85 bits per heavy atom. The Labute approximate surface area is 152 Å². The molecule has 0 spiro atoms. The standard InChI is InChI=1S/C20H24N2O4/c1-13(23)17-11-22(18-5-3-2-4-16(17)18)12-19(24)21-10-14-6-8-15(9-7-14)20(25)26/h2-5,11,14-15H,6-10,12H2,1H3,(H,21,24)(H,25,26). The minimum absolute atomic E-state index is 0.0180. The first kappa shape index (κ1) is 18.2. The van der Waals surface area contributed by atoms with E-state index in [9.17, 15) is 14.4 Å². The average Bonchev–Trinajstić information content (AvgIpc) is 2.99. The number of aliphatic carboxylic acids is 1. The molecule has 2 aromatic rings. The molecule has 26 heavy (non-hydrogen) atoms. The molecular weight excluding hydrogens is 332 g/mol. The quantitative estimate of drug-likeness (QED) is 0.779. The summed E-state index contributed by atoms with van der Waals surface area (Å²) in [6.07, 6.45) is 4.77. The molecule has 2 N–H and O–H groups in total. The fourth-order valence-electron chi connectivity index (χ4n) is 3.74. The Morgan fingerprint density at radius 3 is 2.50 bits per heavy atom. The van der Waals surface area contributed by atoms with Crippen molar-refractivity contribution in [1.29, 1.82) is 0 Å². The van der Waals surface area contributed by atoms with Crippen LogP contribution in [0.3, 0.4) is 0 Å². The SMILES string of the molecule is CC(=O)c1cn(CC(=O)NCC2CCC(C(=O)O)CC2)c2ccccc12. The normalized spacial score (nSPS) is 20.0. The van der Waals surface area contributed by atoms with E-state index in [1.54, 1.807) is 6.20 Å². The van der Waals surface area contributed by atoms with Crippen molar-refractivity contribution < 1.29 is 19.5 Å². The van der Waals surface area contributed by atoms with E-state index in [1.807, 2.05) is 28.8 Å². The van der Waals surface area contributed by atoms with Gasteiger partial charge in [-0.15, -0.1) is 0 Å². The number of fused-ring (bicyclic) bond motifs is 1. The third-order valence-corrected chi connectivity index (χ3v) is 5.27. The van der Waals surface area contributed by atoms with Crippen LogP contribution in [0.4, 0.5) is 0 Å². The Bertz CT molecular complexity index is 831. The molecule has 138 valence electrons. The molecular formula is C20H24N2O4. The number of amides is 1. The van der Waals surface area contributed by atoms with Crippen LogP contribution in [-0.4, -0.2) is 33.9 Å². The first-order valence-corrected chi connectivity index (χ1v) is 9.04. The number of para-hydroxylation sites is 1. The van der Waals surface area contributed by atoms with Gasteiger partial charge in [0.15, 0.2) is 5.78 Å². The van der Waals surface area contributed by atoms with E-state index < -0.39 is 5.97 Å². The summed E-state index contributed by atoms with van der Waals surface area (Å²) in [6.45, 7) is 2.27. The van der Waals surface area contributed by atoms with Gasteiger partial charge in [0.1, 0.15) is 6.54 Å². The van der Waals surface area contributed by atoms with Gasteiger partial charge in [0, 0.05) is 29.2 Å². The second-order valence-electron chi connectivity index (χ2n) is 7.10. The smallest absolute Gasteiger partial charge is 0.306 e. The highest BCUT2D eigenvalue weighted by molar-refractivity contribution is 6.07. The molecule has 1 aromatic heterocycles. The van der Waals surface area contributed by atoms with Crippen LogP contribution in [0.5, 0.6) is 0 Å². The van der Waals surface area contributed by atoms with Crippen LogP contribution >= 0.6 is 0 Å². The van der Waals surface area contributed by atoms with Gasteiger partial charge in [-0.25, -0.2) is 0 Å². The lowest BCUT2D eigenvalue weighted by Crippen LogP contribution is -2.34. The Balaban J connectivity index is 1.58. The number of nitrogens with zero attached hydrogens (tertiary/aromatic N) is 1. The van der Waals surface area contributed by atoms with Crippen LogP contribution < -0.4 is 5.32 Å². The Morgan fingerprint density at radius 1 is 1.15 bits per heavy atom. The van der Waals surface area contributed by atoms with Crippen LogP contribution in [0, 0.1) is 11.8 Å². The number of nitrogens with one attached hydrogen (secondary N) is 1. The molecule has 3 rings (SSSR count). The largest absolute Gasteiger partial charge is 0.481 e. The van der Waals surface area contributed by atoms with E-state index in [1.165, 1.54) is 6.92 Å². The van der Waals surface area contributed by atoms with Gasteiger partial charge in [-0.2, -0.15) is 0 Å². The van der Waals surface area contributed by atoms with Crippen molar-refractivity contribution in [1.82, 2.24) is 9.88 Å². The van der Waals surface area contributed by atoms with E-state index in [2.05, 4.69) is 5.32 Å². The highest BCUT2D eigenvalue weighted by Gasteiger charge is 2.26. The lowest BCUT2D eigenvalue weighted by atomic mass is 9.82. The summed E-state index contributed by atoms with van der Waals surface area (Å²) < 4.78 is 1.81. The molecule has 6 nitrogen and oxygen atoms in total. The summed E-state index contributed by atoms with van der Waals surface area (Å²) in [7, 11) is 0. The van der Waals surface area contributed by atoms with Crippen LogP contribution in [-0.2, 0) is 16.1 Å². The predicted octanol–water partition coefficient (Wildman–Crippen LogP) is 2.85. The summed E-state index contributed by atoms with van der Waals surface area (Å²) in [5.41, 5.74) is 1.50. The minimum atomic E-state index is -0.715. The maximum Gasteiger partial charge on any atom is 0.306 e. The van der Waals surface area contributed by atoms with Crippen molar-refractivity contribution in [2.45, 2.75) is 39.2 Å². The summed E-state index contributed by atoms with van der Waals surface area (Å²) in [6, 6.07) is 7.57. The molecule has 0 atom stereocenters. The molecule has 1 saturated carbocycles. The number of benzene rings is 1. The van der Waals surface area contributed by atoms with Gasteiger partial charge in [-0.3, -0.25) is 14.4 Å². The number of carboxylic acids is 1. The van der Waals surface area contributed by atoms with E-state index in [-0.39, 0.29) is 24.2 Å². The number of Topliss-reactive ketones (excluding diaryl/α,β-unsaturated/α-hetero) is 1. The van der Waals surface area contributed by atoms with Crippen molar-refractivity contribution in [3.05, 3.63) is 36.0 Å². The lowest BCUT2D eigenvalue weighted by Gasteiger charge is -2.26. The molecule has 1 aliphatic rings. The minimum Gasteiger partial charge on any atom is -0.481 e. The van der Waals surface area contributed by atoms with E-state index in [0.29, 0.717) is 30.9 Å². The van der Waals surface area contributed by atoms with Crippen molar-refractivity contribution in [2.24, 2.45) is 11.8 Å². The maximum atomic E-state index is 12.3. The predicted molar refractivity (Wildman–Crippen MR) is 98.0 cm³/mol. The van der Waals surface area contributed by atoms with Crippen molar-refractivity contribution >= 4 is 28.6 Å². The van der Waals surface area contributed by atoms with Gasteiger partial charge in [0.05, 0.1) is 5.92 Å². The zero-order valence-corrected chi connectivity index (χ0v) is 14.9. The summed E-state index contributed by atoms with van der Waals surface area (Å²) in [5, 5.41) is 12.9. The maximum absolute atomic E-state index is 12.3. The molecule has 0 unspecified atom stereocenters. The number of hydrogen-bond donors (Lipinski definition) is 2. The highest BCUT2D eigenvalue weighted by atomic mass is 16.4. The second kappa shape index (κ2) is 7.72. The second-order valence-corrected chi connectivity index (χ2v) is 7.10. The van der Waals surface area contributed by atoms with E-state index >= 15 is 0 Å². The van der Waals surface area contributed by atoms with Crippen LogP contribution in [0.25, 0.3) is 10.9 Å². The van der Waals surface area contributed by atoms with Crippen LogP contribution in [0.1, 0.15) is 43.0 Å². The van der Waals surface area contributed by atoms with Gasteiger partial charge in [0.25, 0.3) is 0 Å². The number of carboxylic acid groups (broad SMARTS) is 1. The van der Waals surface area contributed by atoms with Gasteiger partial charge >= 0.3 is 5.97 Å². The zero-order chi connectivity index (χ0) is 18.7. The Hall–Kier alpha value is -2.63. The number of carbonyl (C=O) groups is 3. The molecule has 0 aliphatic heterocycles. The van der Waals surface area contributed by atoms with E-state index in [0.717, 1.165) is 23.7 Å². The number of aromatic nitrogens is 1. The van der Waals surface area contributed by atoms with Gasteiger partial charge in [-0.1, -0.05) is 18.2 Å². The fraction of sp³-hybridized carbons (Fsp3) is 0.450. The number of carbonyl (C=O) groups excluding carboxylic acids is 2. The molecule has 0 bridgehead atoms. The average molecular weight is 356 g/mol. The van der Waals surface area contributed by atoms with Crippen molar-refractivity contribution in [3.8, 4) is 0 Å². The molecule has 0 saturated heterocycles. The summed E-state index contributed by atoms with van der Waals surface area (Å²) in [4.78, 5) is 35.1. The Kier molecular flexibility index (Phi) is 5.40. The zero-order valence-electron chi connectivity index (χ0n) is 14.9. The van der Waals surface area contributed by atoms with Gasteiger partial charge in [-0.05, 0) is 44.6 Å². The topological polar surface area (TPSA) is 88.4 Å². The molecule has 1 fully saturated rings. The molecule has 1 heterocycles. The van der Waals surface area contributed by atoms with Gasteiger partial charge in [0.2, 0.25) is 5.91 Å². The first-order valence-electron chi connectivity index (χ1n) is 9.04. The molecule has 0 radical (unpaired) electrons. The van der Waals surface area contributed by atoms with Crippen LogP contribution in [0.2, 0.25) is 0 Å². The number of hydrogen-bond acceptors (Lipinski definition) is 3. The summed E-state index contributed by atoms with van der Waals surface area (Å²) >= 11 is 0. The monoisotopic (exact) mass is 356 g/mol. The fourth-order valence-corrected chi connectivity index (χ4v) is 3.74.